The largest absolute Gasteiger partial charge is 0.486 e. The normalized spacial score (nSPS) is 12.1. The third-order valence-corrected chi connectivity index (χ3v) is 6.03. The molecule has 0 radical (unpaired) electrons. The zero-order chi connectivity index (χ0) is 25.6. The van der Waals surface area contributed by atoms with Crippen molar-refractivity contribution in [2.75, 3.05) is 13.2 Å². The summed E-state index contributed by atoms with van der Waals surface area (Å²) in [4.78, 5) is 4.59. The van der Waals surface area contributed by atoms with Gasteiger partial charge in [-0.25, -0.2) is 4.39 Å². The van der Waals surface area contributed by atoms with Crippen LogP contribution in [0.25, 0.3) is 28.5 Å². The van der Waals surface area contributed by atoms with Gasteiger partial charge in [-0.2, -0.15) is 0 Å². The molecule has 0 saturated heterocycles. The minimum Gasteiger partial charge on any atom is -0.486 e. The minimum absolute atomic E-state index is 0.221. The summed E-state index contributed by atoms with van der Waals surface area (Å²) in [5.41, 5.74) is 4.72. The number of ether oxygens (including phenoxy) is 2. The molecule has 4 heteroatoms. The molecule has 0 amide bonds. The van der Waals surface area contributed by atoms with E-state index in [4.69, 9.17) is 9.47 Å². The maximum absolute atomic E-state index is 14.3. The molecule has 3 rings (SSSR count). The van der Waals surface area contributed by atoms with E-state index in [1.54, 1.807) is 18.3 Å². The lowest BCUT2D eigenvalue weighted by atomic mass is 10.0. The van der Waals surface area contributed by atoms with E-state index in [-0.39, 0.29) is 12.4 Å². The standard InChI is InChI=1S/C32H38FNO2/c1-4-6-10-22-35-25(3)11-8-7-9-12-26-13-15-27(16-14-26)31-19-17-29(24-34-31)28-18-20-32(30(33)23-28)36-21-5-2/h5,9,12-20,23-25H,2,4,6-8,10-11,21-22H2,1,3H3/b12-9+. The average Bonchev–Trinajstić information content (AvgIpc) is 2.91. The molecule has 36 heavy (non-hydrogen) atoms. The van der Waals surface area contributed by atoms with Crippen molar-refractivity contribution in [2.24, 2.45) is 0 Å². The third-order valence-electron chi connectivity index (χ3n) is 6.03. The summed E-state index contributed by atoms with van der Waals surface area (Å²) in [6.45, 7) is 9.12. The van der Waals surface area contributed by atoms with Crippen LogP contribution in [-0.2, 0) is 4.74 Å². The smallest absolute Gasteiger partial charge is 0.165 e. The van der Waals surface area contributed by atoms with Gasteiger partial charge in [0.05, 0.1) is 11.8 Å². The highest BCUT2D eigenvalue weighted by Crippen LogP contribution is 2.27. The van der Waals surface area contributed by atoms with Crippen LogP contribution in [-0.4, -0.2) is 24.3 Å². The topological polar surface area (TPSA) is 31.4 Å². The first kappa shape index (κ1) is 27.3. The second kappa shape index (κ2) is 15.0. The first-order chi connectivity index (χ1) is 17.6. The van der Waals surface area contributed by atoms with Crippen molar-refractivity contribution in [3.63, 3.8) is 0 Å². The van der Waals surface area contributed by atoms with E-state index in [1.165, 1.54) is 24.5 Å². The molecule has 1 heterocycles. The number of rotatable bonds is 15. The van der Waals surface area contributed by atoms with Crippen LogP contribution in [0.2, 0.25) is 0 Å². The van der Waals surface area contributed by atoms with E-state index >= 15 is 0 Å². The summed E-state index contributed by atoms with van der Waals surface area (Å²) in [5.74, 6) is -0.175. The maximum atomic E-state index is 14.3. The number of hydrogen-bond acceptors (Lipinski definition) is 3. The Balaban J connectivity index is 1.49. The highest BCUT2D eigenvalue weighted by molar-refractivity contribution is 5.68. The molecular formula is C32H38FNO2. The number of pyridine rings is 1. The molecule has 0 saturated carbocycles. The van der Waals surface area contributed by atoms with Crippen LogP contribution in [0.4, 0.5) is 4.39 Å². The fraction of sp³-hybridized carbons (Fsp3) is 0.344. The lowest BCUT2D eigenvalue weighted by molar-refractivity contribution is 0.0566. The monoisotopic (exact) mass is 487 g/mol. The van der Waals surface area contributed by atoms with E-state index in [2.05, 4.69) is 61.8 Å². The van der Waals surface area contributed by atoms with E-state index < -0.39 is 5.82 Å². The lowest BCUT2D eigenvalue weighted by Crippen LogP contribution is -2.08. The minimum atomic E-state index is -0.396. The van der Waals surface area contributed by atoms with Crippen LogP contribution in [0.15, 0.2) is 79.5 Å². The van der Waals surface area contributed by atoms with E-state index in [9.17, 15) is 4.39 Å². The van der Waals surface area contributed by atoms with Crippen molar-refractivity contribution < 1.29 is 13.9 Å². The Bertz CT molecular complexity index is 1090. The Kier molecular flexibility index (Phi) is 11.4. The second-order valence-corrected chi connectivity index (χ2v) is 9.02. The predicted molar refractivity (Wildman–Crippen MR) is 149 cm³/mol. The van der Waals surface area contributed by atoms with Crippen LogP contribution in [0, 0.1) is 5.82 Å². The molecule has 0 bridgehead atoms. The van der Waals surface area contributed by atoms with Gasteiger partial charge >= 0.3 is 0 Å². The molecule has 1 atom stereocenters. The van der Waals surface area contributed by atoms with Gasteiger partial charge in [-0.1, -0.05) is 81.0 Å². The van der Waals surface area contributed by atoms with Crippen molar-refractivity contribution in [1.29, 1.82) is 0 Å². The molecule has 0 aliphatic rings. The van der Waals surface area contributed by atoms with Gasteiger partial charge in [0.2, 0.25) is 0 Å². The predicted octanol–water partition coefficient (Wildman–Crippen LogP) is 8.90. The van der Waals surface area contributed by atoms with Crippen molar-refractivity contribution >= 4 is 6.08 Å². The van der Waals surface area contributed by atoms with Gasteiger partial charge in [-0.3, -0.25) is 4.98 Å². The van der Waals surface area contributed by atoms with Crippen molar-refractivity contribution in [2.45, 2.75) is 58.5 Å². The molecule has 0 N–H and O–H groups in total. The first-order valence-corrected chi connectivity index (χ1v) is 13.0. The number of benzene rings is 2. The summed E-state index contributed by atoms with van der Waals surface area (Å²) in [6.07, 6.45) is 15.0. The zero-order valence-corrected chi connectivity index (χ0v) is 21.6. The quantitative estimate of drug-likeness (QED) is 0.158. The first-order valence-electron chi connectivity index (χ1n) is 13.0. The Morgan fingerprint density at radius 3 is 2.44 bits per heavy atom. The number of allylic oxidation sites excluding steroid dienone is 1. The van der Waals surface area contributed by atoms with Crippen LogP contribution in [0.1, 0.15) is 57.9 Å². The van der Waals surface area contributed by atoms with E-state index in [0.717, 1.165) is 54.7 Å². The Morgan fingerprint density at radius 1 is 0.972 bits per heavy atom. The molecule has 2 aromatic carbocycles. The summed E-state index contributed by atoms with van der Waals surface area (Å²) < 4.78 is 25.5. The van der Waals surface area contributed by atoms with Crippen LogP contribution in [0.3, 0.4) is 0 Å². The fourth-order valence-electron chi connectivity index (χ4n) is 3.91. The van der Waals surface area contributed by atoms with Crippen LogP contribution in [0.5, 0.6) is 5.75 Å². The van der Waals surface area contributed by atoms with Crippen LogP contribution >= 0.6 is 0 Å². The van der Waals surface area contributed by atoms with Gasteiger partial charge in [0.1, 0.15) is 6.61 Å². The molecule has 0 aliphatic carbocycles. The Labute approximate surface area is 215 Å². The second-order valence-electron chi connectivity index (χ2n) is 9.02. The highest BCUT2D eigenvalue weighted by atomic mass is 19.1. The van der Waals surface area contributed by atoms with Gasteiger partial charge in [0.25, 0.3) is 0 Å². The molecule has 1 aromatic heterocycles. The van der Waals surface area contributed by atoms with E-state index in [1.807, 2.05) is 18.2 Å². The fourth-order valence-corrected chi connectivity index (χ4v) is 3.91. The molecule has 0 aliphatic heterocycles. The number of halogens is 1. The van der Waals surface area contributed by atoms with E-state index in [0.29, 0.717) is 6.10 Å². The summed E-state index contributed by atoms with van der Waals surface area (Å²) in [7, 11) is 0. The van der Waals surface area contributed by atoms with Crippen molar-refractivity contribution in [3.8, 4) is 28.1 Å². The summed E-state index contributed by atoms with van der Waals surface area (Å²) in [6, 6.07) is 17.2. The SMILES string of the molecule is C=CCOc1ccc(-c2ccc(-c3ccc(/C=C/CCCC(C)OCCCCC)cc3)nc2)cc1F. The maximum Gasteiger partial charge on any atom is 0.165 e. The molecule has 3 nitrogen and oxygen atoms in total. The molecule has 0 spiro atoms. The van der Waals surface area contributed by atoms with Gasteiger partial charge in [0, 0.05) is 23.9 Å². The van der Waals surface area contributed by atoms with Gasteiger partial charge in [-0.05, 0) is 61.9 Å². The van der Waals surface area contributed by atoms with Gasteiger partial charge < -0.3 is 9.47 Å². The van der Waals surface area contributed by atoms with Gasteiger partial charge in [-0.15, -0.1) is 0 Å². The average molecular weight is 488 g/mol. The van der Waals surface area contributed by atoms with Gasteiger partial charge in [0.15, 0.2) is 11.6 Å². The third kappa shape index (κ3) is 8.76. The molecule has 190 valence electrons. The molecule has 0 fully saturated rings. The van der Waals surface area contributed by atoms with Crippen LogP contribution < -0.4 is 4.74 Å². The summed E-state index contributed by atoms with van der Waals surface area (Å²) >= 11 is 0. The molecular weight excluding hydrogens is 449 g/mol. The lowest BCUT2D eigenvalue weighted by Gasteiger charge is -2.12. The molecule has 1 unspecified atom stereocenters. The molecule has 3 aromatic rings. The highest BCUT2D eigenvalue weighted by Gasteiger charge is 2.07. The van der Waals surface area contributed by atoms with Crippen molar-refractivity contribution in [3.05, 3.63) is 90.9 Å². The van der Waals surface area contributed by atoms with Crippen molar-refractivity contribution in [1.82, 2.24) is 4.98 Å². The summed E-state index contributed by atoms with van der Waals surface area (Å²) in [5, 5.41) is 0. The number of hydrogen-bond donors (Lipinski definition) is 0. The number of nitrogens with zero attached hydrogens (tertiary/aromatic N) is 1. The Morgan fingerprint density at radius 2 is 1.75 bits per heavy atom. The Hall–Kier alpha value is -3.24. The zero-order valence-electron chi connectivity index (χ0n) is 21.6. The number of unbranched alkanes of at least 4 members (excludes halogenated alkanes) is 3. The number of aromatic nitrogens is 1.